The molecule has 0 amide bonds. The number of methoxy groups -OCH3 is 2. The Morgan fingerprint density at radius 3 is 2.78 bits per heavy atom. The van der Waals surface area contributed by atoms with Crippen LogP contribution in [-0.2, 0) is 4.74 Å². The van der Waals surface area contributed by atoms with Crippen molar-refractivity contribution in [3.63, 3.8) is 0 Å². The third kappa shape index (κ3) is 2.03. The molecule has 2 aromatic heterocycles. The molecule has 2 rings (SSSR count). The van der Waals surface area contributed by atoms with Gasteiger partial charge in [0, 0.05) is 13.3 Å². The number of rotatable bonds is 5. The van der Waals surface area contributed by atoms with Crippen LogP contribution < -0.4 is 4.74 Å². The maximum Gasteiger partial charge on any atom is 0.225 e. The molecule has 0 unspecified atom stereocenters. The highest BCUT2D eigenvalue weighted by Gasteiger charge is 2.22. The number of fused-ring (bicyclic) bond motifs is 1. The van der Waals surface area contributed by atoms with Crippen LogP contribution in [-0.4, -0.2) is 51.7 Å². The van der Waals surface area contributed by atoms with Crippen molar-refractivity contribution in [3.8, 4) is 5.88 Å². The van der Waals surface area contributed by atoms with Crippen LogP contribution in [0.1, 0.15) is 6.23 Å². The van der Waals surface area contributed by atoms with E-state index < -0.39 is 18.9 Å². The molecule has 0 aromatic carbocycles. The molecule has 0 spiro atoms. The van der Waals surface area contributed by atoms with Gasteiger partial charge in [-0.25, -0.2) is 9.97 Å². The third-order valence-corrected chi connectivity index (χ3v) is 2.70. The van der Waals surface area contributed by atoms with E-state index in [0.29, 0.717) is 16.9 Å². The topological polar surface area (TPSA) is 89.6 Å². The smallest absolute Gasteiger partial charge is 0.225 e. The van der Waals surface area contributed by atoms with Gasteiger partial charge >= 0.3 is 0 Å². The van der Waals surface area contributed by atoms with E-state index in [4.69, 9.17) is 14.6 Å². The van der Waals surface area contributed by atoms with Crippen LogP contribution in [0.15, 0.2) is 18.6 Å². The molecule has 2 aromatic rings. The number of nitrogens with zero attached hydrogens (tertiary/aromatic N) is 3. The SMILES string of the molecule is COc1ncnc2c1ccn2[C@H](OC)[C@H](O)CO. The molecule has 0 bridgehead atoms. The third-order valence-electron chi connectivity index (χ3n) is 2.70. The van der Waals surface area contributed by atoms with E-state index in [1.165, 1.54) is 20.5 Å². The first-order chi connectivity index (χ1) is 8.72. The van der Waals surface area contributed by atoms with E-state index >= 15 is 0 Å². The molecule has 0 radical (unpaired) electrons. The van der Waals surface area contributed by atoms with Crippen LogP contribution in [0, 0.1) is 0 Å². The summed E-state index contributed by atoms with van der Waals surface area (Å²) >= 11 is 0. The second-order valence-corrected chi connectivity index (χ2v) is 3.72. The van der Waals surface area contributed by atoms with Gasteiger partial charge in [-0.15, -0.1) is 0 Å². The van der Waals surface area contributed by atoms with E-state index in [-0.39, 0.29) is 0 Å². The standard InChI is InChI=1S/C11H15N3O4/c1-17-10-7-3-4-14(9(7)12-6-13-10)11(18-2)8(16)5-15/h3-4,6,8,11,15-16H,5H2,1-2H3/t8-,11-/m1/s1. The van der Waals surface area contributed by atoms with Gasteiger partial charge in [0.2, 0.25) is 5.88 Å². The van der Waals surface area contributed by atoms with Crippen LogP contribution >= 0.6 is 0 Å². The summed E-state index contributed by atoms with van der Waals surface area (Å²) in [6, 6.07) is 1.77. The summed E-state index contributed by atoms with van der Waals surface area (Å²) in [4.78, 5) is 8.12. The lowest BCUT2D eigenvalue weighted by Crippen LogP contribution is -2.28. The van der Waals surface area contributed by atoms with Crippen molar-refractivity contribution in [2.24, 2.45) is 0 Å². The average Bonchev–Trinajstić information content (AvgIpc) is 2.83. The first kappa shape index (κ1) is 12.7. The summed E-state index contributed by atoms with van der Waals surface area (Å²) in [6.07, 6.45) is 1.32. The summed E-state index contributed by atoms with van der Waals surface area (Å²) in [7, 11) is 2.98. The van der Waals surface area contributed by atoms with Gasteiger partial charge in [0.1, 0.15) is 18.1 Å². The lowest BCUT2D eigenvalue weighted by atomic mass is 10.3. The Hall–Kier alpha value is -1.70. The lowest BCUT2D eigenvalue weighted by molar-refractivity contribution is -0.0758. The van der Waals surface area contributed by atoms with Gasteiger partial charge in [-0.1, -0.05) is 0 Å². The van der Waals surface area contributed by atoms with E-state index in [0.717, 1.165) is 0 Å². The minimum absolute atomic E-state index is 0.402. The summed E-state index contributed by atoms with van der Waals surface area (Å²) in [6.45, 7) is -0.402. The first-order valence-electron chi connectivity index (χ1n) is 5.40. The van der Waals surface area contributed by atoms with Crippen molar-refractivity contribution >= 4 is 11.0 Å². The van der Waals surface area contributed by atoms with Gasteiger partial charge in [0.25, 0.3) is 0 Å². The van der Waals surface area contributed by atoms with Crippen molar-refractivity contribution < 1.29 is 19.7 Å². The Morgan fingerprint density at radius 2 is 2.17 bits per heavy atom. The minimum atomic E-state index is -1.04. The van der Waals surface area contributed by atoms with Gasteiger partial charge in [0.05, 0.1) is 19.1 Å². The van der Waals surface area contributed by atoms with Crippen LogP contribution in [0.5, 0.6) is 5.88 Å². The van der Waals surface area contributed by atoms with Crippen molar-refractivity contribution in [1.29, 1.82) is 0 Å². The Labute approximate surface area is 104 Å². The van der Waals surface area contributed by atoms with Gasteiger partial charge < -0.3 is 24.3 Å². The fourth-order valence-electron chi connectivity index (χ4n) is 1.86. The molecule has 0 aliphatic rings. The molecule has 98 valence electrons. The predicted octanol–water partition coefficient (Wildman–Crippen LogP) is -0.0619. The highest BCUT2D eigenvalue weighted by molar-refractivity contribution is 5.81. The molecular formula is C11H15N3O4. The second-order valence-electron chi connectivity index (χ2n) is 3.72. The Balaban J connectivity index is 2.51. The molecule has 0 aliphatic carbocycles. The van der Waals surface area contributed by atoms with Crippen molar-refractivity contribution in [2.75, 3.05) is 20.8 Å². The molecule has 7 nitrogen and oxygen atoms in total. The number of aliphatic hydroxyl groups is 2. The lowest BCUT2D eigenvalue weighted by Gasteiger charge is -2.21. The summed E-state index contributed by atoms with van der Waals surface area (Å²) in [5.74, 6) is 0.451. The summed E-state index contributed by atoms with van der Waals surface area (Å²) < 4.78 is 11.9. The van der Waals surface area contributed by atoms with Gasteiger partial charge in [-0.05, 0) is 6.07 Å². The summed E-state index contributed by atoms with van der Waals surface area (Å²) in [5.41, 5.74) is 0.571. The molecule has 0 saturated heterocycles. The van der Waals surface area contributed by atoms with E-state index in [9.17, 15) is 5.11 Å². The molecule has 0 fully saturated rings. The van der Waals surface area contributed by atoms with E-state index in [1.54, 1.807) is 16.8 Å². The number of ether oxygens (including phenoxy) is 2. The van der Waals surface area contributed by atoms with Gasteiger partial charge in [-0.2, -0.15) is 0 Å². The molecule has 7 heteroatoms. The van der Waals surface area contributed by atoms with Crippen LogP contribution in [0.2, 0.25) is 0 Å². The monoisotopic (exact) mass is 253 g/mol. The maximum absolute atomic E-state index is 9.70. The fourth-order valence-corrected chi connectivity index (χ4v) is 1.86. The second kappa shape index (κ2) is 5.30. The average molecular weight is 253 g/mol. The first-order valence-corrected chi connectivity index (χ1v) is 5.40. The van der Waals surface area contributed by atoms with E-state index in [2.05, 4.69) is 9.97 Å². The Morgan fingerprint density at radius 1 is 1.39 bits per heavy atom. The zero-order chi connectivity index (χ0) is 13.1. The molecule has 18 heavy (non-hydrogen) atoms. The van der Waals surface area contributed by atoms with Crippen molar-refractivity contribution in [3.05, 3.63) is 18.6 Å². The van der Waals surface area contributed by atoms with Crippen LogP contribution in [0.4, 0.5) is 0 Å². The number of hydrogen-bond donors (Lipinski definition) is 2. The highest BCUT2D eigenvalue weighted by Crippen LogP contribution is 2.26. The zero-order valence-electron chi connectivity index (χ0n) is 10.1. The Kier molecular flexibility index (Phi) is 3.75. The zero-order valence-corrected chi connectivity index (χ0v) is 10.1. The highest BCUT2D eigenvalue weighted by atomic mass is 16.5. The number of hydrogen-bond acceptors (Lipinski definition) is 6. The van der Waals surface area contributed by atoms with Crippen LogP contribution in [0.25, 0.3) is 11.0 Å². The number of aliphatic hydroxyl groups excluding tert-OH is 2. The Bertz CT molecular complexity index is 528. The molecule has 0 saturated carbocycles. The largest absolute Gasteiger partial charge is 0.480 e. The van der Waals surface area contributed by atoms with Gasteiger partial charge in [-0.3, -0.25) is 0 Å². The molecule has 2 heterocycles. The molecule has 2 N–H and O–H groups in total. The van der Waals surface area contributed by atoms with Gasteiger partial charge in [0.15, 0.2) is 6.23 Å². The van der Waals surface area contributed by atoms with Crippen molar-refractivity contribution in [1.82, 2.24) is 14.5 Å². The maximum atomic E-state index is 9.70. The minimum Gasteiger partial charge on any atom is -0.480 e. The summed E-state index contributed by atoms with van der Waals surface area (Å²) in [5, 5.41) is 19.4. The molecule has 2 atom stereocenters. The van der Waals surface area contributed by atoms with Crippen molar-refractivity contribution in [2.45, 2.75) is 12.3 Å². The normalized spacial score (nSPS) is 14.7. The predicted molar refractivity (Wildman–Crippen MR) is 63.2 cm³/mol. The molecule has 0 aliphatic heterocycles. The molecular weight excluding hydrogens is 238 g/mol. The van der Waals surface area contributed by atoms with Crippen LogP contribution in [0.3, 0.4) is 0 Å². The fraction of sp³-hybridized carbons (Fsp3) is 0.455. The number of aromatic nitrogens is 3. The van der Waals surface area contributed by atoms with E-state index in [1.807, 2.05) is 0 Å². The quantitative estimate of drug-likeness (QED) is 0.775.